The van der Waals surface area contributed by atoms with Gasteiger partial charge in [0.15, 0.2) is 0 Å². The van der Waals surface area contributed by atoms with Crippen LogP contribution in [0.25, 0.3) is 10.9 Å². The number of aryl methyl sites for hydroxylation is 1. The molecule has 1 aromatic heterocycles. The first-order chi connectivity index (χ1) is 10.4. The average molecular weight is 283 g/mol. The number of para-hydroxylation sites is 1. The molecular formula is C18H25N3. The highest BCUT2D eigenvalue weighted by molar-refractivity contribution is 5.81. The molecule has 0 radical (unpaired) electrons. The Balaban J connectivity index is 1.59. The van der Waals surface area contributed by atoms with Gasteiger partial charge >= 0.3 is 0 Å². The summed E-state index contributed by atoms with van der Waals surface area (Å²) in [5.74, 6) is 0. The van der Waals surface area contributed by atoms with Gasteiger partial charge in [-0.05, 0) is 51.6 Å². The highest BCUT2D eigenvalue weighted by Gasteiger charge is 2.08. The van der Waals surface area contributed by atoms with Gasteiger partial charge in [0.05, 0.1) is 11.2 Å². The van der Waals surface area contributed by atoms with Gasteiger partial charge in [-0.3, -0.25) is 4.68 Å². The van der Waals surface area contributed by atoms with Crippen LogP contribution >= 0.6 is 0 Å². The topological polar surface area (TPSA) is 29.9 Å². The van der Waals surface area contributed by atoms with Crippen molar-refractivity contribution in [1.29, 1.82) is 0 Å². The van der Waals surface area contributed by atoms with Gasteiger partial charge in [-0.1, -0.05) is 29.8 Å². The number of nitrogens with zero attached hydrogens (tertiary/aromatic N) is 2. The number of nitrogens with one attached hydrogen (secondary N) is 1. The summed E-state index contributed by atoms with van der Waals surface area (Å²) in [5, 5.41) is 9.57. The fraction of sp³-hybridized carbons (Fsp3) is 0.500. The van der Waals surface area contributed by atoms with Gasteiger partial charge in [-0.15, -0.1) is 0 Å². The van der Waals surface area contributed by atoms with Crippen LogP contribution < -0.4 is 5.32 Å². The molecule has 0 amide bonds. The number of rotatable bonds is 6. The molecule has 1 heterocycles. The number of hydrogen-bond donors (Lipinski definition) is 1. The van der Waals surface area contributed by atoms with E-state index in [0.717, 1.165) is 19.6 Å². The zero-order valence-corrected chi connectivity index (χ0v) is 12.9. The predicted octanol–water partition coefficient (Wildman–Crippen LogP) is 4.04. The Kier molecular flexibility index (Phi) is 4.71. The third kappa shape index (κ3) is 3.35. The molecule has 1 aromatic carbocycles. The second kappa shape index (κ2) is 6.90. The van der Waals surface area contributed by atoms with Gasteiger partial charge in [0, 0.05) is 18.5 Å². The van der Waals surface area contributed by atoms with Crippen molar-refractivity contribution >= 4 is 10.9 Å². The molecule has 3 heteroatoms. The molecule has 1 aliphatic carbocycles. The molecule has 3 nitrogen and oxygen atoms in total. The van der Waals surface area contributed by atoms with E-state index in [0.29, 0.717) is 0 Å². The number of fused-ring (bicyclic) bond motifs is 1. The summed E-state index contributed by atoms with van der Waals surface area (Å²) in [6.07, 6.45) is 8.95. The molecular weight excluding hydrogens is 258 g/mol. The maximum Gasteiger partial charge on any atom is 0.0841 e. The average Bonchev–Trinajstić information content (AvgIpc) is 2.91. The molecule has 112 valence electrons. The molecule has 1 N–H and O–H groups in total. The van der Waals surface area contributed by atoms with Crippen LogP contribution in [0.4, 0.5) is 0 Å². The lowest BCUT2D eigenvalue weighted by Gasteiger charge is -2.12. The van der Waals surface area contributed by atoms with E-state index in [-0.39, 0.29) is 0 Å². The zero-order chi connectivity index (χ0) is 14.5. The van der Waals surface area contributed by atoms with Crippen LogP contribution in [0.1, 0.15) is 44.7 Å². The van der Waals surface area contributed by atoms with E-state index in [1.165, 1.54) is 48.7 Å². The maximum atomic E-state index is 4.73. The largest absolute Gasteiger partial charge is 0.311 e. The monoisotopic (exact) mass is 283 g/mol. The van der Waals surface area contributed by atoms with Crippen molar-refractivity contribution in [3.63, 3.8) is 0 Å². The first-order valence-corrected chi connectivity index (χ1v) is 8.21. The van der Waals surface area contributed by atoms with Crippen molar-refractivity contribution < 1.29 is 0 Å². The molecule has 21 heavy (non-hydrogen) atoms. The van der Waals surface area contributed by atoms with Crippen molar-refractivity contribution in [3.05, 3.63) is 41.6 Å². The van der Waals surface area contributed by atoms with Gasteiger partial charge in [0.25, 0.3) is 0 Å². The molecule has 0 bridgehead atoms. The second-order valence-electron chi connectivity index (χ2n) is 5.81. The molecule has 0 saturated heterocycles. The quantitative estimate of drug-likeness (QED) is 0.640. The zero-order valence-electron chi connectivity index (χ0n) is 12.9. The Morgan fingerprint density at radius 3 is 2.95 bits per heavy atom. The molecule has 1 aliphatic rings. The molecule has 0 atom stereocenters. The summed E-state index contributed by atoms with van der Waals surface area (Å²) in [4.78, 5) is 0. The van der Waals surface area contributed by atoms with Gasteiger partial charge in [-0.25, -0.2) is 0 Å². The van der Waals surface area contributed by atoms with E-state index in [4.69, 9.17) is 5.10 Å². The summed E-state index contributed by atoms with van der Waals surface area (Å²) >= 11 is 0. The van der Waals surface area contributed by atoms with Crippen molar-refractivity contribution in [2.45, 2.75) is 52.1 Å². The molecule has 0 spiro atoms. The van der Waals surface area contributed by atoms with Crippen LogP contribution in [0.5, 0.6) is 0 Å². The predicted molar refractivity (Wildman–Crippen MR) is 88.3 cm³/mol. The molecule has 0 saturated carbocycles. The molecule has 0 aliphatic heterocycles. The van der Waals surface area contributed by atoms with E-state index >= 15 is 0 Å². The fourth-order valence-corrected chi connectivity index (χ4v) is 3.16. The summed E-state index contributed by atoms with van der Waals surface area (Å²) in [6.45, 7) is 4.99. The molecule has 0 unspecified atom stereocenters. The highest BCUT2D eigenvalue weighted by Crippen LogP contribution is 2.20. The number of benzene rings is 1. The number of aromatic nitrogens is 2. The van der Waals surface area contributed by atoms with Crippen molar-refractivity contribution in [1.82, 2.24) is 15.1 Å². The minimum Gasteiger partial charge on any atom is -0.311 e. The van der Waals surface area contributed by atoms with Crippen LogP contribution in [-0.2, 0) is 13.1 Å². The summed E-state index contributed by atoms with van der Waals surface area (Å²) in [7, 11) is 0. The Morgan fingerprint density at radius 1 is 1.24 bits per heavy atom. The van der Waals surface area contributed by atoms with Gasteiger partial charge in [-0.2, -0.15) is 5.10 Å². The Hall–Kier alpha value is -1.61. The van der Waals surface area contributed by atoms with Crippen LogP contribution in [0.3, 0.4) is 0 Å². The number of allylic oxidation sites excluding steroid dienone is 1. The fourth-order valence-electron chi connectivity index (χ4n) is 3.16. The summed E-state index contributed by atoms with van der Waals surface area (Å²) in [6, 6.07) is 8.51. The normalized spacial score (nSPS) is 15.4. The Bertz CT molecular complexity index is 624. The molecule has 2 aromatic rings. The van der Waals surface area contributed by atoms with Crippen LogP contribution in [-0.4, -0.2) is 16.3 Å². The standard InChI is InChI=1S/C18H25N3/c1-2-21-18-11-7-6-10-16(18)17(20-21)14-19-13-12-15-8-4-3-5-9-15/h6-8,10-11,19H,2-5,9,12-14H2,1H3. The van der Waals surface area contributed by atoms with E-state index in [1.807, 2.05) is 0 Å². The lowest BCUT2D eigenvalue weighted by molar-refractivity contribution is 0.612. The van der Waals surface area contributed by atoms with Crippen LogP contribution in [0.2, 0.25) is 0 Å². The molecule has 3 rings (SSSR count). The summed E-state index contributed by atoms with van der Waals surface area (Å²) in [5.41, 5.74) is 4.05. The third-order valence-corrected chi connectivity index (χ3v) is 4.33. The minimum atomic E-state index is 0.862. The smallest absolute Gasteiger partial charge is 0.0841 e. The second-order valence-corrected chi connectivity index (χ2v) is 5.81. The van der Waals surface area contributed by atoms with E-state index < -0.39 is 0 Å². The third-order valence-electron chi connectivity index (χ3n) is 4.33. The van der Waals surface area contributed by atoms with Crippen LogP contribution in [0, 0.1) is 0 Å². The summed E-state index contributed by atoms with van der Waals surface area (Å²) < 4.78 is 2.09. The van der Waals surface area contributed by atoms with Crippen molar-refractivity contribution in [3.8, 4) is 0 Å². The lowest BCUT2D eigenvalue weighted by Crippen LogP contribution is -2.16. The van der Waals surface area contributed by atoms with Gasteiger partial charge in [0.1, 0.15) is 0 Å². The van der Waals surface area contributed by atoms with E-state index in [2.05, 4.69) is 47.3 Å². The lowest BCUT2D eigenvalue weighted by atomic mass is 9.97. The minimum absolute atomic E-state index is 0.862. The van der Waals surface area contributed by atoms with Gasteiger partial charge < -0.3 is 5.32 Å². The first kappa shape index (κ1) is 14.3. The van der Waals surface area contributed by atoms with Crippen LogP contribution in [0.15, 0.2) is 35.9 Å². The Labute approximate surface area is 127 Å². The molecule has 0 fully saturated rings. The first-order valence-electron chi connectivity index (χ1n) is 8.21. The van der Waals surface area contributed by atoms with Gasteiger partial charge in [0.2, 0.25) is 0 Å². The van der Waals surface area contributed by atoms with E-state index in [1.54, 1.807) is 5.57 Å². The number of hydrogen-bond acceptors (Lipinski definition) is 2. The van der Waals surface area contributed by atoms with Crippen molar-refractivity contribution in [2.24, 2.45) is 0 Å². The van der Waals surface area contributed by atoms with E-state index in [9.17, 15) is 0 Å². The maximum absolute atomic E-state index is 4.73. The van der Waals surface area contributed by atoms with Crippen molar-refractivity contribution in [2.75, 3.05) is 6.54 Å². The Morgan fingerprint density at radius 2 is 2.14 bits per heavy atom. The SMILES string of the molecule is CCn1nc(CNCCC2=CCCCC2)c2ccccc21. The highest BCUT2D eigenvalue weighted by atomic mass is 15.3.